The number of halogens is 2. The summed E-state index contributed by atoms with van der Waals surface area (Å²) in [5.41, 5.74) is 6.99. The van der Waals surface area contributed by atoms with Gasteiger partial charge in [0.15, 0.2) is 0 Å². The second-order valence-electron chi connectivity index (χ2n) is 7.40. The number of rotatable bonds is 3. The van der Waals surface area contributed by atoms with Gasteiger partial charge in [-0.25, -0.2) is 4.79 Å². The molecule has 0 amide bonds. The Labute approximate surface area is 191 Å². The van der Waals surface area contributed by atoms with Gasteiger partial charge in [0, 0.05) is 43.2 Å². The number of aryl methyl sites for hydroxylation is 2. The summed E-state index contributed by atoms with van der Waals surface area (Å²) >= 11 is 12.5. The zero-order valence-electron chi connectivity index (χ0n) is 17.2. The molecule has 0 spiro atoms. The van der Waals surface area contributed by atoms with E-state index in [2.05, 4.69) is 0 Å². The standard InChI is InChI=1S/C21H17Cl2N5O4/c1-10-4-5-11(6-15(10)28(31)32)19-17-16(25(2)21(30)26(3)20(17)29)9-27(19)12-7-13(22)18(24)14(23)8-12/h4-9H,24H2,1-3H3. The normalized spacial score (nSPS) is 11.3. The molecule has 0 aliphatic heterocycles. The number of anilines is 1. The third-order valence-electron chi connectivity index (χ3n) is 5.46. The van der Waals surface area contributed by atoms with E-state index in [-0.39, 0.29) is 26.8 Å². The third kappa shape index (κ3) is 3.17. The summed E-state index contributed by atoms with van der Waals surface area (Å²) in [7, 11) is 2.92. The van der Waals surface area contributed by atoms with Crippen molar-refractivity contribution in [2.75, 3.05) is 5.73 Å². The first-order valence-electron chi connectivity index (χ1n) is 9.34. The maximum Gasteiger partial charge on any atom is 0.330 e. The van der Waals surface area contributed by atoms with E-state index in [1.165, 1.54) is 17.7 Å². The summed E-state index contributed by atoms with van der Waals surface area (Å²) in [6.45, 7) is 1.63. The Kier molecular flexibility index (Phi) is 5.10. The quantitative estimate of drug-likeness (QED) is 0.275. The van der Waals surface area contributed by atoms with Gasteiger partial charge in [-0.05, 0) is 19.1 Å². The molecule has 0 saturated carbocycles. The molecule has 4 rings (SSSR count). The molecule has 0 saturated heterocycles. The van der Waals surface area contributed by atoms with Gasteiger partial charge in [0.25, 0.3) is 11.2 Å². The van der Waals surface area contributed by atoms with Gasteiger partial charge in [0.1, 0.15) is 0 Å². The van der Waals surface area contributed by atoms with E-state index in [1.807, 2.05) is 0 Å². The van der Waals surface area contributed by atoms with Gasteiger partial charge in [-0.2, -0.15) is 0 Å². The molecule has 2 N–H and O–H groups in total. The molecule has 4 aromatic rings. The van der Waals surface area contributed by atoms with Gasteiger partial charge in [0.05, 0.1) is 37.3 Å². The van der Waals surface area contributed by atoms with Crippen LogP contribution in [0.2, 0.25) is 10.0 Å². The predicted molar refractivity (Wildman–Crippen MR) is 125 cm³/mol. The first kappa shape index (κ1) is 21.7. The molecule has 11 heteroatoms. The first-order valence-corrected chi connectivity index (χ1v) is 10.1. The summed E-state index contributed by atoms with van der Waals surface area (Å²) in [5.74, 6) is 0. The molecule has 164 valence electrons. The zero-order valence-corrected chi connectivity index (χ0v) is 18.7. The molecule has 0 atom stereocenters. The molecule has 0 bridgehead atoms. The molecule has 2 aromatic carbocycles. The monoisotopic (exact) mass is 473 g/mol. The van der Waals surface area contributed by atoms with E-state index in [0.29, 0.717) is 28.0 Å². The average molecular weight is 474 g/mol. The minimum absolute atomic E-state index is 0.0987. The molecule has 2 heterocycles. The van der Waals surface area contributed by atoms with Crippen molar-refractivity contribution in [2.45, 2.75) is 6.92 Å². The van der Waals surface area contributed by atoms with Crippen LogP contribution in [0.1, 0.15) is 5.56 Å². The minimum atomic E-state index is -0.535. The number of aromatic nitrogens is 3. The van der Waals surface area contributed by atoms with Crippen molar-refractivity contribution >= 4 is 45.5 Å². The van der Waals surface area contributed by atoms with Crippen LogP contribution in [-0.4, -0.2) is 18.6 Å². The van der Waals surface area contributed by atoms with Crippen LogP contribution in [0.15, 0.2) is 46.1 Å². The molecule has 9 nitrogen and oxygen atoms in total. The van der Waals surface area contributed by atoms with Crippen molar-refractivity contribution in [3.05, 3.63) is 83.1 Å². The Morgan fingerprint density at radius 3 is 2.25 bits per heavy atom. The Bertz CT molecular complexity index is 1540. The summed E-state index contributed by atoms with van der Waals surface area (Å²) in [5, 5.41) is 12.2. The maximum absolute atomic E-state index is 13.1. The lowest BCUT2D eigenvalue weighted by Gasteiger charge is -2.13. The lowest BCUT2D eigenvalue weighted by atomic mass is 10.1. The molecule has 0 radical (unpaired) electrons. The lowest BCUT2D eigenvalue weighted by molar-refractivity contribution is -0.385. The number of nitrogen functional groups attached to an aromatic ring is 1. The van der Waals surface area contributed by atoms with E-state index >= 15 is 0 Å². The van der Waals surface area contributed by atoms with Crippen molar-refractivity contribution in [1.82, 2.24) is 13.7 Å². The van der Waals surface area contributed by atoms with Gasteiger partial charge in [0.2, 0.25) is 0 Å². The molecule has 32 heavy (non-hydrogen) atoms. The van der Waals surface area contributed by atoms with E-state index in [4.69, 9.17) is 28.9 Å². The van der Waals surface area contributed by atoms with Crippen molar-refractivity contribution in [3.8, 4) is 16.9 Å². The fourth-order valence-electron chi connectivity index (χ4n) is 3.69. The number of hydrogen-bond donors (Lipinski definition) is 1. The summed E-state index contributed by atoms with van der Waals surface area (Å²) < 4.78 is 3.94. The van der Waals surface area contributed by atoms with E-state index < -0.39 is 16.2 Å². The van der Waals surface area contributed by atoms with Crippen LogP contribution in [-0.2, 0) is 14.1 Å². The number of nitro benzene ring substituents is 1. The third-order valence-corrected chi connectivity index (χ3v) is 6.09. The number of nitrogens with two attached hydrogens (primary N) is 1. The highest BCUT2D eigenvalue weighted by Crippen LogP contribution is 2.37. The largest absolute Gasteiger partial charge is 0.396 e. The van der Waals surface area contributed by atoms with Gasteiger partial charge in [-0.15, -0.1) is 0 Å². The predicted octanol–water partition coefficient (Wildman–Crippen LogP) is 3.80. The van der Waals surface area contributed by atoms with Gasteiger partial charge >= 0.3 is 5.69 Å². The second-order valence-corrected chi connectivity index (χ2v) is 8.21. The molecule has 0 aliphatic carbocycles. The highest BCUT2D eigenvalue weighted by molar-refractivity contribution is 6.39. The smallest absolute Gasteiger partial charge is 0.330 e. The zero-order chi connectivity index (χ0) is 23.5. The Morgan fingerprint density at radius 2 is 1.66 bits per heavy atom. The Hall–Kier alpha value is -3.56. The van der Waals surface area contributed by atoms with E-state index in [9.17, 15) is 19.7 Å². The van der Waals surface area contributed by atoms with E-state index in [1.54, 1.807) is 49.0 Å². The minimum Gasteiger partial charge on any atom is -0.396 e. The first-order chi connectivity index (χ1) is 15.0. The van der Waals surface area contributed by atoms with Crippen molar-refractivity contribution in [2.24, 2.45) is 14.1 Å². The SMILES string of the molecule is Cc1ccc(-c2c3c(=O)n(C)c(=O)n(C)c3cn2-c2cc(Cl)c(N)c(Cl)c2)cc1[N+](=O)[O-]. The van der Waals surface area contributed by atoms with Crippen LogP contribution in [0, 0.1) is 17.0 Å². The van der Waals surface area contributed by atoms with Crippen molar-refractivity contribution < 1.29 is 4.92 Å². The highest BCUT2D eigenvalue weighted by Gasteiger charge is 2.23. The number of nitro groups is 1. The number of benzene rings is 2. The number of hydrogen-bond acceptors (Lipinski definition) is 5. The van der Waals surface area contributed by atoms with Crippen LogP contribution in [0.5, 0.6) is 0 Å². The molecule has 0 aliphatic rings. The summed E-state index contributed by atoms with van der Waals surface area (Å²) in [6, 6.07) is 7.81. The fourth-order valence-corrected chi connectivity index (χ4v) is 4.17. The molecule has 2 aromatic heterocycles. The molecular formula is C21H17Cl2N5O4. The Morgan fingerprint density at radius 1 is 1.03 bits per heavy atom. The average Bonchev–Trinajstić information content (AvgIpc) is 3.15. The maximum atomic E-state index is 13.1. The molecule has 0 unspecified atom stereocenters. The number of nitrogens with zero attached hydrogens (tertiary/aromatic N) is 4. The van der Waals surface area contributed by atoms with Crippen LogP contribution < -0.4 is 17.0 Å². The van der Waals surface area contributed by atoms with Crippen LogP contribution in [0.25, 0.3) is 27.8 Å². The van der Waals surface area contributed by atoms with Crippen molar-refractivity contribution in [1.29, 1.82) is 0 Å². The summed E-state index contributed by atoms with van der Waals surface area (Å²) in [4.78, 5) is 36.7. The van der Waals surface area contributed by atoms with E-state index in [0.717, 1.165) is 4.57 Å². The van der Waals surface area contributed by atoms with Gasteiger partial charge in [-0.3, -0.25) is 24.0 Å². The second kappa shape index (κ2) is 7.54. The highest BCUT2D eigenvalue weighted by atomic mass is 35.5. The van der Waals surface area contributed by atoms with Crippen LogP contribution in [0.4, 0.5) is 11.4 Å². The van der Waals surface area contributed by atoms with Crippen LogP contribution >= 0.6 is 23.2 Å². The van der Waals surface area contributed by atoms with Gasteiger partial charge in [-0.1, -0.05) is 35.3 Å². The number of fused-ring (bicyclic) bond motifs is 1. The molecular weight excluding hydrogens is 457 g/mol. The van der Waals surface area contributed by atoms with Crippen LogP contribution in [0.3, 0.4) is 0 Å². The van der Waals surface area contributed by atoms with Gasteiger partial charge < -0.3 is 10.3 Å². The Balaban J connectivity index is 2.22. The van der Waals surface area contributed by atoms with Crippen molar-refractivity contribution in [3.63, 3.8) is 0 Å². The topological polar surface area (TPSA) is 118 Å². The fraction of sp³-hybridized carbons (Fsp3) is 0.143. The molecule has 0 fully saturated rings. The lowest BCUT2D eigenvalue weighted by Crippen LogP contribution is -2.36. The summed E-state index contributed by atoms with van der Waals surface area (Å²) in [6.07, 6.45) is 1.59.